The van der Waals surface area contributed by atoms with Crippen LogP contribution in [0.5, 0.6) is 0 Å². The molecular formula is C14H22N2O3S. The Bertz CT molecular complexity index is 558. The summed E-state index contributed by atoms with van der Waals surface area (Å²) >= 11 is 0. The molecule has 0 spiro atoms. The standard InChI is InChI=1S/C14H22N2O3S/c1-11-7-12(15)9-13(8-11)20(17,18)16-10-14(2)3-5-19-6-4-14/h7-9,16H,3-6,10,15H2,1-2H3. The van der Waals surface area contributed by atoms with Crippen molar-refractivity contribution in [1.29, 1.82) is 0 Å². The van der Waals surface area contributed by atoms with Crippen molar-refractivity contribution < 1.29 is 13.2 Å². The fourth-order valence-electron chi connectivity index (χ4n) is 2.33. The number of ether oxygens (including phenoxy) is 1. The Morgan fingerprint density at radius 2 is 1.95 bits per heavy atom. The van der Waals surface area contributed by atoms with Crippen molar-refractivity contribution in [2.45, 2.75) is 31.6 Å². The molecule has 6 heteroatoms. The second-order valence-electron chi connectivity index (χ2n) is 5.83. The lowest BCUT2D eigenvalue weighted by atomic mass is 9.83. The number of anilines is 1. The normalized spacial score (nSPS) is 18.9. The Hall–Kier alpha value is -1.11. The number of aryl methyl sites for hydroxylation is 1. The lowest BCUT2D eigenvalue weighted by molar-refractivity contribution is 0.0265. The summed E-state index contributed by atoms with van der Waals surface area (Å²) in [5.74, 6) is 0. The summed E-state index contributed by atoms with van der Waals surface area (Å²) in [5.41, 5.74) is 6.97. The molecule has 0 atom stereocenters. The summed E-state index contributed by atoms with van der Waals surface area (Å²) in [6.07, 6.45) is 1.73. The molecule has 1 aromatic carbocycles. The highest BCUT2D eigenvalue weighted by atomic mass is 32.2. The molecule has 1 aliphatic rings. The monoisotopic (exact) mass is 298 g/mol. The van der Waals surface area contributed by atoms with Gasteiger partial charge >= 0.3 is 0 Å². The largest absolute Gasteiger partial charge is 0.399 e. The van der Waals surface area contributed by atoms with Crippen LogP contribution in [0.4, 0.5) is 5.69 Å². The number of sulfonamides is 1. The molecule has 0 aliphatic carbocycles. The van der Waals surface area contributed by atoms with Crippen LogP contribution in [0, 0.1) is 12.3 Å². The minimum atomic E-state index is -3.51. The van der Waals surface area contributed by atoms with Gasteiger partial charge in [-0.3, -0.25) is 0 Å². The maximum Gasteiger partial charge on any atom is 0.240 e. The molecular weight excluding hydrogens is 276 g/mol. The Morgan fingerprint density at radius 3 is 2.55 bits per heavy atom. The van der Waals surface area contributed by atoms with E-state index in [1.165, 1.54) is 6.07 Å². The third-order valence-electron chi connectivity index (χ3n) is 3.77. The van der Waals surface area contributed by atoms with Crippen LogP contribution in [0.1, 0.15) is 25.3 Å². The van der Waals surface area contributed by atoms with E-state index in [0.29, 0.717) is 25.4 Å². The highest BCUT2D eigenvalue weighted by Gasteiger charge is 2.29. The molecule has 1 heterocycles. The van der Waals surface area contributed by atoms with E-state index in [0.717, 1.165) is 18.4 Å². The zero-order valence-electron chi connectivity index (χ0n) is 12.0. The predicted octanol–water partition coefficient (Wildman–Crippen LogP) is 1.67. The number of nitrogens with two attached hydrogens (primary N) is 1. The van der Waals surface area contributed by atoms with Gasteiger partial charge < -0.3 is 10.5 Å². The molecule has 1 aromatic rings. The summed E-state index contributed by atoms with van der Waals surface area (Å²) in [6.45, 7) is 5.72. The minimum absolute atomic E-state index is 0.0410. The minimum Gasteiger partial charge on any atom is -0.399 e. The van der Waals surface area contributed by atoms with Crippen molar-refractivity contribution in [1.82, 2.24) is 4.72 Å². The van der Waals surface area contributed by atoms with Crippen molar-refractivity contribution in [3.8, 4) is 0 Å². The van der Waals surface area contributed by atoms with Crippen LogP contribution < -0.4 is 10.5 Å². The number of nitrogen functional groups attached to an aromatic ring is 1. The van der Waals surface area contributed by atoms with Crippen LogP contribution in [0.2, 0.25) is 0 Å². The molecule has 1 fully saturated rings. The van der Waals surface area contributed by atoms with Gasteiger partial charge in [0.25, 0.3) is 0 Å². The van der Waals surface area contributed by atoms with E-state index in [4.69, 9.17) is 10.5 Å². The van der Waals surface area contributed by atoms with Gasteiger partial charge in [-0.25, -0.2) is 13.1 Å². The molecule has 112 valence electrons. The second kappa shape index (κ2) is 5.71. The summed E-state index contributed by atoms with van der Waals surface area (Å²) in [6, 6.07) is 4.87. The smallest absolute Gasteiger partial charge is 0.240 e. The molecule has 0 radical (unpaired) electrons. The SMILES string of the molecule is Cc1cc(N)cc(S(=O)(=O)NCC2(C)CCOCC2)c1. The molecule has 1 aliphatic heterocycles. The van der Waals surface area contributed by atoms with Crippen LogP contribution in [0.3, 0.4) is 0 Å². The van der Waals surface area contributed by atoms with Crippen LogP contribution in [0.25, 0.3) is 0 Å². The third kappa shape index (κ3) is 3.71. The summed E-state index contributed by atoms with van der Waals surface area (Å²) < 4.78 is 32.7. The lowest BCUT2D eigenvalue weighted by Crippen LogP contribution is -2.39. The van der Waals surface area contributed by atoms with Crippen molar-refractivity contribution in [2.75, 3.05) is 25.5 Å². The topological polar surface area (TPSA) is 81.4 Å². The highest BCUT2D eigenvalue weighted by molar-refractivity contribution is 7.89. The first-order chi connectivity index (χ1) is 9.31. The molecule has 0 amide bonds. The van der Waals surface area contributed by atoms with Gasteiger partial charge in [0.15, 0.2) is 0 Å². The van der Waals surface area contributed by atoms with E-state index in [1.54, 1.807) is 12.1 Å². The molecule has 20 heavy (non-hydrogen) atoms. The summed E-state index contributed by atoms with van der Waals surface area (Å²) in [4.78, 5) is 0.227. The quantitative estimate of drug-likeness (QED) is 0.829. The van der Waals surface area contributed by atoms with Gasteiger partial charge in [0.1, 0.15) is 0 Å². The van der Waals surface area contributed by atoms with E-state index in [2.05, 4.69) is 11.6 Å². The Balaban J connectivity index is 2.11. The first-order valence-corrected chi connectivity index (χ1v) is 8.24. The summed E-state index contributed by atoms with van der Waals surface area (Å²) in [7, 11) is -3.51. The van der Waals surface area contributed by atoms with Gasteiger partial charge in [-0.1, -0.05) is 6.92 Å². The van der Waals surface area contributed by atoms with Gasteiger partial charge in [-0.05, 0) is 48.9 Å². The average Bonchev–Trinajstić information content (AvgIpc) is 2.37. The van der Waals surface area contributed by atoms with Crippen molar-refractivity contribution in [3.05, 3.63) is 23.8 Å². The zero-order valence-corrected chi connectivity index (χ0v) is 12.8. The molecule has 2 rings (SSSR count). The first kappa shape index (κ1) is 15.3. The van der Waals surface area contributed by atoms with Gasteiger partial charge in [0, 0.05) is 25.4 Å². The first-order valence-electron chi connectivity index (χ1n) is 6.75. The van der Waals surface area contributed by atoms with Gasteiger partial charge in [0.2, 0.25) is 10.0 Å². The highest BCUT2D eigenvalue weighted by Crippen LogP contribution is 2.29. The number of hydrogen-bond acceptors (Lipinski definition) is 4. The Morgan fingerprint density at radius 1 is 1.30 bits per heavy atom. The number of nitrogens with one attached hydrogen (secondary N) is 1. The molecule has 0 bridgehead atoms. The van der Waals surface area contributed by atoms with Gasteiger partial charge in [-0.15, -0.1) is 0 Å². The predicted molar refractivity (Wildman–Crippen MR) is 78.9 cm³/mol. The van der Waals surface area contributed by atoms with Crippen LogP contribution in [0.15, 0.2) is 23.1 Å². The van der Waals surface area contributed by atoms with E-state index in [9.17, 15) is 8.42 Å². The number of rotatable bonds is 4. The number of hydrogen-bond donors (Lipinski definition) is 2. The number of benzene rings is 1. The van der Waals surface area contributed by atoms with Crippen molar-refractivity contribution >= 4 is 15.7 Å². The Kier molecular flexibility index (Phi) is 4.36. The Labute approximate surface area is 120 Å². The molecule has 5 nitrogen and oxygen atoms in total. The third-order valence-corrected chi connectivity index (χ3v) is 5.15. The average molecular weight is 298 g/mol. The zero-order chi connectivity index (χ0) is 14.8. The molecule has 1 saturated heterocycles. The van der Waals surface area contributed by atoms with Crippen molar-refractivity contribution in [2.24, 2.45) is 5.41 Å². The fraction of sp³-hybridized carbons (Fsp3) is 0.571. The van der Waals surface area contributed by atoms with Gasteiger partial charge in [0.05, 0.1) is 4.90 Å². The lowest BCUT2D eigenvalue weighted by Gasteiger charge is -2.33. The van der Waals surface area contributed by atoms with Crippen LogP contribution in [-0.4, -0.2) is 28.2 Å². The molecule has 3 N–H and O–H groups in total. The van der Waals surface area contributed by atoms with E-state index in [-0.39, 0.29) is 10.3 Å². The fourth-order valence-corrected chi connectivity index (χ4v) is 3.66. The molecule has 0 unspecified atom stereocenters. The van der Waals surface area contributed by atoms with E-state index < -0.39 is 10.0 Å². The van der Waals surface area contributed by atoms with E-state index >= 15 is 0 Å². The van der Waals surface area contributed by atoms with Gasteiger partial charge in [-0.2, -0.15) is 0 Å². The summed E-state index contributed by atoms with van der Waals surface area (Å²) in [5, 5.41) is 0. The van der Waals surface area contributed by atoms with Crippen LogP contribution in [-0.2, 0) is 14.8 Å². The van der Waals surface area contributed by atoms with Crippen molar-refractivity contribution in [3.63, 3.8) is 0 Å². The maximum absolute atomic E-state index is 12.3. The van der Waals surface area contributed by atoms with E-state index in [1.807, 2.05) is 6.92 Å². The molecule has 0 aromatic heterocycles. The van der Waals surface area contributed by atoms with Crippen LogP contribution >= 0.6 is 0 Å². The molecule has 0 saturated carbocycles. The maximum atomic E-state index is 12.3. The second-order valence-corrected chi connectivity index (χ2v) is 7.59.